The quantitative estimate of drug-likeness (QED) is 0.838. The molecule has 1 aromatic heterocycles. The van der Waals surface area contributed by atoms with Crippen LogP contribution in [0.2, 0.25) is 0 Å². The fourth-order valence-corrected chi connectivity index (χ4v) is 3.15. The molecular weight excluding hydrogens is 347 g/mol. The van der Waals surface area contributed by atoms with E-state index in [0.717, 1.165) is 43.7 Å². The Labute approximate surface area is 158 Å². The maximum absolute atomic E-state index is 14.1. The molecule has 1 aliphatic heterocycles. The highest BCUT2D eigenvalue weighted by atomic mass is 19.1. The first-order valence-corrected chi connectivity index (χ1v) is 9.07. The van der Waals surface area contributed by atoms with Crippen LogP contribution in [-0.2, 0) is 11.3 Å². The van der Waals surface area contributed by atoms with Crippen LogP contribution in [0.5, 0.6) is 0 Å². The van der Waals surface area contributed by atoms with Gasteiger partial charge in [-0.25, -0.2) is 9.18 Å². The Morgan fingerprint density at radius 3 is 2.70 bits per heavy atom. The number of rotatable bonds is 5. The Kier molecular flexibility index (Phi) is 6.36. The lowest BCUT2D eigenvalue weighted by atomic mass is 10.1. The third-order valence-electron chi connectivity index (χ3n) is 4.72. The van der Waals surface area contributed by atoms with Gasteiger partial charge in [-0.15, -0.1) is 0 Å². The fourth-order valence-electron chi connectivity index (χ4n) is 3.15. The number of pyridine rings is 1. The number of ether oxygens (including phenoxy) is 1. The normalized spacial score (nSPS) is 15.5. The number of urea groups is 1. The van der Waals surface area contributed by atoms with Crippen LogP contribution < -0.4 is 10.6 Å². The number of methoxy groups -OCH3 is 1. The summed E-state index contributed by atoms with van der Waals surface area (Å²) in [4.78, 5) is 18.6. The summed E-state index contributed by atoms with van der Waals surface area (Å²) in [6.07, 6.45) is 3.88. The summed E-state index contributed by atoms with van der Waals surface area (Å²) in [7, 11) is 1.75. The summed E-state index contributed by atoms with van der Waals surface area (Å²) in [6, 6.07) is 7.87. The number of benzene rings is 1. The molecule has 2 amide bonds. The molecule has 2 aromatic rings. The zero-order chi connectivity index (χ0) is 19.2. The highest BCUT2D eigenvalue weighted by molar-refractivity contribution is 5.99. The van der Waals surface area contributed by atoms with Crippen LogP contribution in [0.1, 0.15) is 24.1 Å². The van der Waals surface area contributed by atoms with Gasteiger partial charge < -0.3 is 15.4 Å². The molecule has 0 atom stereocenters. The number of likely N-dealkylation sites (tertiary alicyclic amines) is 1. The molecule has 144 valence electrons. The standard InChI is InChI=1S/C20H25FN4O2/c1-14-3-5-16(12-22-14)23-20(26)24-19-11-15(4-6-18(19)21)13-25-9-7-17(27-2)8-10-25/h3-6,11-12,17H,7-10,13H2,1-2H3,(H2,23,24,26). The first-order valence-electron chi connectivity index (χ1n) is 9.07. The van der Waals surface area contributed by atoms with E-state index < -0.39 is 11.8 Å². The first-order chi connectivity index (χ1) is 13.0. The highest BCUT2D eigenvalue weighted by Gasteiger charge is 2.19. The van der Waals surface area contributed by atoms with Gasteiger partial charge in [0.1, 0.15) is 5.82 Å². The molecule has 6 nitrogen and oxygen atoms in total. The number of nitrogens with zero attached hydrogens (tertiary/aromatic N) is 2. The van der Waals surface area contributed by atoms with Gasteiger partial charge in [0.05, 0.1) is 23.7 Å². The monoisotopic (exact) mass is 372 g/mol. The van der Waals surface area contributed by atoms with Crippen molar-refractivity contribution in [2.45, 2.75) is 32.4 Å². The molecule has 0 saturated carbocycles. The van der Waals surface area contributed by atoms with Gasteiger partial charge in [0, 0.05) is 32.4 Å². The number of nitrogens with one attached hydrogen (secondary N) is 2. The van der Waals surface area contributed by atoms with Crippen molar-refractivity contribution < 1.29 is 13.9 Å². The molecule has 3 rings (SSSR count). The van der Waals surface area contributed by atoms with Gasteiger partial charge in [-0.05, 0) is 49.6 Å². The van der Waals surface area contributed by atoms with Crippen molar-refractivity contribution in [1.29, 1.82) is 0 Å². The van der Waals surface area contributed by atoms with Crippen LogP contribution in [0, 0.1) is 12.7 Å². The smallest absolute Gasteiger partial charge is 0.323 e. The zero-order valence-corrected chi connectivity index (χ0v) is 15.7. The third-order valence-corrected chi connectivity index (χ3v) is 4.72. The number of carbonyl (C=O) groups is 1. The molecule has 0 spiro atoms. The van der Waals surface area contributed by atoms with Crippen LogP contribution in [0.15, 0.2) is 36.5 Å². The fraction of sp³-hybridized carbons (Fsp3) is 0.400. The topological polar surface area (TPSA) is 66.5 Å². The van der Waals surface area contributed by atoms with Gasteiger partial charge in [-0.3, -0.25) is 9.88 Å². The molecule has 2 N–H and O–H groups in total. The Morgan fingerprint density at radius 2 is 2.04 bits per heavy atom. The summed E-state index contributed by atoms with van der Waals surface area (Å²) < 4.78 is 19.5. The second kappa shape index (κ2) is 8.92. The van der Waals surface area contributed by atoms with Crippen LogP contribution >= 0.6 is 0 Å². The van der Waals surface area contributed by atoms with E-state index in [2.05, 4.69) is 20.5 Å². The molecule has 1 saturated heterocycles. The minimum Gasteiger partial charge on any atom is -0.381 e. The molecule has 0 radical (unpaired) electrons. The summed E-state index contributed by atoms with van der Waals surface area (Å²) in [5.74, 6) is -0.464. The Morgan fingerprint density at radius 1 is 1.26 bits per heavy atom. The van der Waals surface area contributed by atoms with E-state index in [1.807, 2.05) is 6.92 Å². The lowest BCUT2D eigenvalue weighted by molar-refractivity contribution is 0.0388. The maximum Gasteiger partial charge on any atom is 0.323 e. The lowest BCUT2D eigenvalue weighted by Gasteiger charge is -2.31. The van der Waals surface area contributed by atoms with Crippen molar-refractivity contribution in [3.8, 4) is 0 Å². The summed E-state index contributed by atoms with van der Waals surface area (Å²) in [5, 5.41) is 5.23. The minimum atomic E-state index is -0.502. The van der Waals surface area contributed by atoms with Gasteiger partial charge in [-0.1, -0.05) is 6.07 Å². The van der Waals surface area contributed by atoms with E-state index in [0.29, 0.717) is 11.8 Å². The summed E-state index contributed by atoms with van der Waals surface area (Å²) in [6.45, 7) is 4.47. The molecule has 1 aliphatic rings. The van der Waals surface area contributed by atoms with Crippen molar-refractivity contribution in [2.24, 2.45) is 0 Å². The molecule has 2 heterocycles. The van der Waals surface area contributed by atoms with Crippen LogP contribution in [-0.4, -0.2) is 42.2 Å². The Bertz CT molecular complexity index is 774. The largest absolute Gasteiger partial charge is 0.381 e. The number of anilines is 2. The molecule has 7 heteroatoms. The number of hydrogen-bond donors (Lipinski definition) is 2. The van der Waals surface area contributed by atoms with Crippen molar-refractivity contribution in [1.82, 2.24) is 9.88 Å². The van der Waals surface area contributed by atoms with Gasteiger partial charge in [-0.2, -0.15) is 0 Å². The van der Waals surface area contributed by atoms with Crippen LogP contribution in [0.25, 0.3) is 0 Å². The molecule has 0 aliphatic carbocycles. The number of aryl methyl sites for hydroxylation is 1. The number of carbonyl (C=O) groups excluding carboxylic acids is 1. The van der Waals surface area contributed by atoms with Gasteiger partial charge >= 0.3 is 6.03 Å². The SMILES string of the molecule is COC1CCN(Cc2ccc(F)c(NC(=O)Nc3ccc(C)nc3)c2)CC1. The van der Waals surface area contributed by atoms with Crippen LogP contribution in [0.4, 0.5) is 20.6 Å². The molecular formula is C20H25FN4O2. The van der Waals surface area contributed by atoms with Gasteiger partial charge in [0.15, 0.2) is 0 Å². The van der Waals surface area contributed by atoms with Crippen LogP contribution in [0.3, 0.4) is 0 Å². The van der Waals surface area contributed by atoms with Gasteiger partial charge in [0.25, 0.3) is 0 Å². The molecule has 0 unspecified atom stereocenters. The van der Waals surface area contributed by atoms with Gasteiger partial charge in [0.2, 0.25) is 0 Å². The van der Waals surface area contributed by atoms with E-state index in [-0.39, 0.29) is 5.69 Å². The molecule has 0 bridgehead atoms. The van der Waals surface area contributed by atoms with Crippen molar-refractivity contribution in [3.05, 3.63) is 53.6 Å². The van der Waals surface area contributed by atoms with E-state index in [4.69, 9.17) is 4.74 Å². The number of aromatic nitrogens is 1. The number of halogens is 1. The summed E-state index contributed by atoms with van der Waals surface area (Å²) in [5.41, 5.74) is 2.53. The number of amides is 2. The van der Waals surface area contributed by atoms with E-state index in [1.165, 1.54) is 6.07 Å². The third kappa shape index (κ3) is 5.48. The molecule has 27 heavy (non-hydrogen) atoms. The Hall–Kier alpha value is -2.51. The number of piperidine rings is 1. The van der Waals surface area contributed by atoms with E-state index in [9.17, 15) is 9.18 Å². The Balaban J connectivity index is 1.59. The molecule has 1 aromatic carbocycles. The van der Waals surface area contributed by atoms with Crippen molar-refractivity contribution in [3.63, 3.8) is 0 Å². The predicted molar refractivity (Wildman–Crippen MR) is 103 cm³/mol. The average Bonchev–Trinajstić information content (AvgIpc) is 2.67. The maximum atomic E-state index is 14.1. The predicted octanol–water partition coefficient (Wildman–Crippen LogP) is 3.78. The second-order valence-electron chi connectivity index (χ2n) is 6.79. The lowest BCUT2D eigenvalue weighted by Crippen LogP contribution is -2.36. The van der Waals surface area contributed by atoms with Crippen molar-refractivity contribution in [2.75, 3.05) is 30.8 Å². The van der Waals surface area contributed by atoms with E-state index in [1.54, 1.807) is 37.6 Å². The summed E-state index contributed by atoms with van der Waals surface area (Å²) >= 11 is 0. The van der Waals surface area contributed by atoms with Crippen molar-refractivity contribution >= 4 is 17.4 Å². The minimum absolute atomic E-state index is 0.164. The zero-order valence-electron chi connectivity index (χ0n) is 15.7. The molecule has 1 fully saturated rings. The highest BCUT2D eigenvalue weighted by Crippen LogP contribution is 2.20. The number of hydrogen-bond acceptors (Lipinski definition) is 4. The first kappa shape index (κ1) is 19.3. The van der Waals surface area contributed by atoms with E-state index >= 15 is 0 Å². The average molecular weight is 372 g/mol. The second-order valence-corrected chi connectivity index (χ2v) is 6.79.